The van der Waals surface area contributed by atoms with Gasteiger partial charge in [0.25, 0.3) is 5.91 Å². The molecule has 1 aliphatic carbocycles. The molecule has 1 aromatic rings. The number of carbonyl (C=O) groups excluding carboxylic acids is 2. The van der Waals surface area contributed by atoms with Crippen LogP contribution < -0.4 is 15.0 Å². The van der Waals surface area contributed by atoms with Gasteiger partial charge >= 0.3 is 6.03 Å². The van der Waals surface area contributed by atoms with Gasteiger partial charge in [-0.1, -0.05) is 6.92 Å². The van der Waals surface area contributed by atoms with Crippen molar-refractivity contribution in [2.75, 3.05) is 12.0 Å². The number of hydrogen-bond acceptors (Lipinski definition) is 3. The van der Waals surface area contributed by atoms with Crippen molar-refractivity contribution >= 4 is 17.6 Å². The second-order valence-electron chi connectivity index (χ2n) is 6.03. The molecule has 1 aliphatic heterocycles. The highest BCUT2D eigenvalue weighted by Crippen LogP contribution is 2.38. The molecule has 2 fully saturated rings. The number of carbonyl (C=O) groups is 2. The van der Waals surface area contributed by atoms with E-state index in [1.54, 1.807) is 31.4 Å². The van der Waals surface area contributed by atoms with Gasteiger partial charge in [0.05, 0.1) is 12.8 Å². The zero-order valence-corrected chi connectivity index (χ0v) is 12.4. The topological polar surface area (TPSA) is 58.6 Å². The van der Waals surface area contributed by atoms with E-state index in [0.29, 0.717) is 17.4 Å². The number of nitrogens with zero attached hydrogens (tertiary/aromatic N) is 1. The second-order valence-corrected chi connectivity index (χ2v) is 6.03. The Balaban J connectivity index is 1.86. The fourth-order valence-corrected chi connectivity index (χ4v) is 3.18. The monoisotopic (exact) mass is 288 g/mol. The lowest BCUT2D eigenvalue weighted by molar-refractivity contribution is -0.123. The molecule has 1 spiro atoms. The molecule has 1 heterocycles. The molecule has 3 amide bonds. The molecule has 0 aromatic heterocycles. The second kappa shape index (κ2) is 5.06. The van der Waals surface area contributed by atoms with E-state index in [-0.39, 0.29) is 11.9 Å². The molecular formula is C16H20N2O3. The first kappa shape index (κ1) is 13.9. The van der Waals surface area contributed by atoms with Crippen LogP contribution in [0.4, 0.5) is 10.5 Å². The average molecular weight is 288 g/mol. The minimum atomic E-state index is -0.691. The standard InChI is InChI=1S/C16H20N2O3/c1-11-7-9-16(10-8-11)14(19)18(15(20)17-16)12-3-5-13(21-2)6-4-12/h3-6,11H,7-10H2,1-2H3,(H,17,20). The molecule has 0 unspecified atom stereocenters. The highest BCUT2D eigenvalue weighted by Gasteiger charge is 2.52. The van der Waals surface area contributed by atoms with E-state index in [1.165, 1.54) is 4.90 Å². The molecule has 1 aromatic carbocycles. The first-order valence-corrected chi connectivity index (χ1v) is 7.36. The first-order valence-electron chi connectivity index (χ1n) is 7.36. The van der Waals surface area contributed by atoms with Gasteiger partial charge in [-0.05, 0) is 55.9 Å². The van der Waals surface area contributed by atoms with Crippen molar-refractivity contribution < 1.29 is 14.3 Å². The quantitative estimate of drug-likeness (QED) is 0.851. The van der Waals surface area contributed by atoms with Crippen LogP contribution >= 0.6 is 0 Å². The molecule has 0 bridgehead atoms. The maximum atomic E-state index is 12.8. The summed E-state index contributed by atoms with van der Waals surface area (Å²) >= 11 is 0. The van der Waals surface area contributed by atoms with Crippen LogP contribution in [0.5, 0.6) is 5.75 Å². The third-order valence-electron chi connectivity index (χ3n) is 4.62. The van der Waals surface area contributed by atoms with E-state index in [0.717, 1.165) is 25.7 Å². The highest BCUT2D eigenvalue weighted by molar-refractivity contribution is 6.23. The molecule has 21 heavy (non-hydrogen) atoms. The maximum absolute atomic E-state index is 12.8. The van der Waals surface area contributed by atoms with Gasteiger partial charge in [0.1, 0.15) is 11.3 Å². The lowest BCUT2D eigenvalue weighted by Gasteiger charge is -2.33. The van der Waals surface area contributed by atoms with E-state index in [9.17, 15) is 9.59 Å². The largest absolute Gasteiger partial charge is 0.497 e. The van der Waals surface area contributed by atoms with Gasteiger partial charge in [-0.25, -0.2) is 9.69 Å². The Morgan fingerprint density at radius 3 is 2.38 bits per heavy atom. The Bertz CT molecular complexity index is 559. The van der Waals surface area contributed by atoms with Crippen LogP contribution in [0.1, 0.15) is 32.6 Å². The number of urea groups is 1. The number of nitrogens with one attached hydrogen (secondary N) is 1. The Hall–Kier alpha value is -2.04. The number of ether oxygens (including phenoxy) is 1. The highest BCUT2D eigenvalue weighted by atomic mass is 16.5. The molecule has 0 atom stereocenters. The maximum Gasteiger partial charge on any atom is 0.329 e. The Labute approximate surface area is 124 Å². The first-order chi connectivity index (χ1) is 10.1. The van der Waals surface area contributed by atoms with Gasteiger partial charge in [-0.3, -0.25) is 4.79 Å². The summed E-state index contributed by atoms with van der Waals surface area (Å²) in [5.74, 6) is 1.20. The van der Waals surface area contributed by atoms with Crippen molar-refractivity contribution in [3.8, 4) is 5.75 Å². The van der Waals surface area contributed by atoms with E-state index in [4.69, 9.17) is 4.74 Å². The number of hydrogen-bond donors (Lipinski definition) is 1. The summed E-state index contributed by atoms with van der Waals surface area (Å²) in [6.07, 6.45) is 3.40. The minimum Gasteiger partial charge on any atom is -0.497 e. The van der Waals surface area contributed by atoms with Crippen molar-refractivity contribution in [3.63, 3.8) is 0 Å². The molecule has 0 radical (unpaired) electrons. The van der Waals surface area contributed by atoms with Crippen LogP contribution in [0.15, 0.2) is 24.3 Å². The fourth-order valence-electron chi connectivity index (χ4n) is 3.18. The number of imide groups is 1. The van der Waals surface area contributed by atoms with Crippen LogP contribution in [-0.2, 0) is 4.79 Å². The fraction of sp³-hybridized carbons (Fsp3) is 0.500. The Kier molecular flexibility index (Phi) is 3.35. The van der Waals surface area contributed by atoms with E-state index in [2.05, 4.69) is 12.2 Å². The molecule has 5 heteroatoms. The summed E-state index contributed by atoms with van der Waals surface area (Å²) in [5, 5.41) is 2.92. The van der Waals surface area contributed by atoms with Crippen molar-refractivity contribution in [2.45, 2.75) is 38.1 Å². The van der Waals surface area contributed by atoms with E-state index < -0.39 is 5.54 Å². The van der Waals surface area contributed by atoms with Crippen molar-refractivity contribution in [1.82, 2.24) is 5.32 Å². The SMILES string of the molecule is COc1ccc(N2C(=O)NC3(CCC(C)CC3)C2=O)cc1. The molecule has 1 saturated carbocycles. The van der Waals surface area contributed by atoms with Crippen molar-refractivity contribution in [1.29, 1.82) is 0 Å². The van der Waals surface area contributed by atoms with Crippen LogP contribution in [0.3, 0.4) is 0 Å². The van der Waals surface area contributed by atoms with Crippen LogP contribution in [-0.4, -0.2) is 24.6 Å². The molecule has 5 nitrogen and oxygen atoms in total. The molecule has 112 valence electrons. The van der Waals surface area contributed by atoms with Gasteiger partial charge < -0.3 is 10.1 Å². The van der Waals surface area contributed by atoms with Crippen molar-refractivity contribution in [2.24, 2.45) is 5.92 Å². The zero-order valence-electron chi connectivity index (χ0n) is 12.4. The van der Waals surface area contributed by atoms with Crippen LogP contribution in [0.2, 0.25) is 0 Å². The number of rotatable bonds is 2. The van der Waals surface area contributed by atoms with Gasteiger partial charge in [0.2, 0.25) is 0 Å². The van der Waals surface area contributed by atoms with Gasteiger partial charge in [-0.15, -0.1) is 0 Å². The predicted octanol–water partition coefficient (Wildman–Crippen LogP) is 2.70. The predicted molar refractivity (Wildman–Crippen MR) is 79.4 cm³/mol. The molecule has 3 rings (SSSR count). The third-order valence-corrected chi connectivity index (χ3v) is 4.62. The van der Waals surface area contributed by atoms with Gasteiger partial charge in [-0.2, -0.15) is 0 Å². The summed E-state index contributed by atoms with van der Waals surface area (Å²) in [6.45, 7) is 2.19. The molecular weight excluding hydrogens is 268 g/mol. The summed E-state index contributed by atoms with van der Waals surface area (Å²) in [4.78, 5) is 26.3. The average Bonchev–Trinajstić information content (AvgIpc) is 2.74. The Morgan fingerprint density at radius 2 is 1.81 bits per heavy atom. The molecule has 1 saturated heterocycles. The summed E-state index contributed by atoms with van der Waals surface area (Å²) < 4.78 is 5.10. The summed E-state index contributed by atoms with van der Waals surface area (Å²) in [5.41, 5.74) is -0.0995. The molecule has 2 aliphatic rings. The summed E-state index contributed by atoms with van der Waals surface area (Å²) in [6, 6.07) is 6.66. The van der Waals surface area contributed by atoms with E-state index in [1.807, 2.05) is 0 Å². The van der Waals surface area contributed by atoms with Crippen molar-refractivity contribution in [3.05, 3.63) is 24.3 Å². The number of methoxy groups -OCH3 is 1. The normalized spacial score (nSPS) is 28.9. The van der Waals surface area contributed by atoms with Crippen LogP contribution in [0.25, 0.3) is 0 Å². The zero-order chi connectivity index (χ0) is 15.0. The minimum absolute atomic E-state index is 0.121. The number of benzene rings is 1. The van der Waals surface area contributed by atoms with E-state index >= 15 is 0 Å². The smallest absolute Gasteiger partial charge is 0.329 e. The Morgan fingerprint density at radius 1 is 1.19 bits per heavy atom. The number of amides is 3. The van der Waals surface area contributed by atoms with Crippen LogP contribution in [0, 0.1) is 5.92 Å². The lowest BCUT2D eigenvalue weighted by atomic mass is 9.77. The third kappa shape index (κ3) is 2.26. The van der Waals surface area contributed by atoms with Gasteiger partial charge in [0.15, 0.2) is 0 Å². The number of anilines is 1. The lowest BCUT2D eigenvalue weighted by Crippen LogP contribution is -2.49. The molecule has 1 N–H and O–H groups in total. The summed E-state index contributed by atoms with van der Waals surface area (Å²) in [7, 11) is 1.58. The van der Waals surface area contributed by atoms with Gasteiger partial charge in [0, 0.05) is 0 Å².